The van der Waals surface area contributed by atoms with Gasteiger partial charge in [0.15, 0.2) is 6.04 Å². The summed E-state index contributed by atoms with van der Waals surface area (Å²) in [6, 6.07) is -1.47. The van der Waals surface area contributed by atoms with Gasteiger partial charge >= 0.3 is 18.4 Å². The first-order valence-electron chi connectivity index (χ1n) is 12.5. The van der Waals surface area contributed by atoms with Gasteiger partial charge in [0.2, 0.25) is 6.41 Å². The molecule has 0 aromatic carbocycles. The smallest absolute Gasteiger partial charge is 0.364 e. The van der Waals surface area contributed by atoms with Gasteiger partial charge in [-0.15, -0.1) is 0 Å². The summed E-state index contributed by atoms with van der Waals surface area (Å²) in [4.78, 5) is 69.3. The van der Waals surface area contributed by atoms with Crippen molar-refractivity contribution in [2.75, 3.05) is 39.3 Å². The number of rotatable bonds is 12. The zero-order chi connectivity index (χ0) is 24.6. The molecule has 34 heavy (non-hydrogen) atoms. The summed E-state index contributed by atoms with van der Waals surface area (Å²) < 4.78 is -0.680. The molecule has 2 saturated heterocycles. The van der Waals surface area contributed by atoms with Crippen molar-refractivity contribution in [1.82, 2.24) is 15.3 Å². The van der Waals surface area contributed by atoms with E-state index in [4.69, 9.17) is 10.6 Å². The van der Waals surface area contributed by atoms with E-state index in [1.807, 2.05) is 0 Å². The van der Waals surface area contributed by atoms with E-state index in [-0.39, 0.29) is 25.5 Å². The largest absolute Gasteiger partial charge is 0.424 e. The van der Waals surface area contributed by atoms with Gasteiger partial charge in [-0.3, -0.25) is 14.4 Å². The molecule has 2 heterocycles. The third-order valence-corrected chi connectivity index (χ3v) is 7.65. The van der Waals surface area contributed by atoms with Gasteiger partial charge in [0.25, 0.3) is 5.91 Å². The number of imide groups is 1. The van der Waals surface area contributed by atoms with E-state index in [0.29, 0.717) is 38.8 Å². The van der Waals surface area contributed by atoms with E-state index in [1.165, 1.54) is 0 Å². The van der Waals surface area contributed by atoms with Gasteiger partial charge in [0, 0.05) is 25.9 Å². The molecule has 3 fully saturated rings. The molecule has 0 spiro atoms. The number of likely N-dealkylation sites (tertiary alicyclic amines) is 2. The highest BCUT2D eigenvalue weighted by molar-refractivity contribution is 5.91. The number of carbonyl (C=O) groups excluding carboxylic acids is 5. The van der Waals surface area contributed by atoms with Crippen LogP contribution < -0.4 is 11.1 Å². The summed E-state index contributed by atoms with van der Waals surface area (Å²) in [6.07, 6.45) is 7.97. The van der Waals surface area contributed by atoms with Gasteiger partial charge in [-0.1, -0.05) is 25.7 Å². The molecule has 3 aliphatic rings. The number of nitrogens with one attached hydrogen (secondary N) is 1. The fraction of sp³-hybridized carbons (Fsp3) is 0.783. The molecule has 3 rings (SSSR count). The molecule has 190 valence electrons. The minimum Gasteiger partial charge on any atom is -0.364 e. The van der Waals surface area contributed by atoms with Crippen molar-refractivity contribution in [3.05, 3.63) is 0 Å². The molecule has 3 N–H and O–H groups in total. The molecule has 1 saturated carbocycles. The van der Waals surface area contributed by atoms with Crippen molar-refractivity contribution in [2.24, 2.45) is 17.6 Å². The lowest BCUT2D eigenvalue weighted by Crippen LogP contribution is -2.68. The van der Waals surface area contributed by atoms with Crippen LogP contribution in [0.2, 0.25) is 0 Å². The fourth-order valence-corrected chi connectivity index (χ4v) is 5.96. The Hall–Kier alpha value is -2.53. The molecular weight excluding hydrogens is 442 g/mol. The van der Waals surface area contributed by atoms with Crippen molar-refractivity contribution in [2.45, 2.75) is 63.8 Å². The zero-order valence-electron chi connectivity index (χ0n) is 19.9. The number of quaternary nitrogens is 1. The number of hydrogen-bond donors (Lipinski definition) is 2. The molecule has 0 bridgehead atoms. The first kappa shape index (κ1) is 26.1. The summed E-state index contributed by atoms with van der Waals surface area (Å²) in [5.41, 5.74) is 5.68. The molecule has 0 radical (unpaired) electrons. The number of hydroxylamine groups is 2. The second-order valence-corrected chi connectivity index (χ2v) is 9.76. The average molecular weight is 481 g/mol. The number of amides is 5. The molecule has 1 unspecified atom stereocenters. The van der Waals surface area contributed by atoms with E-state index >= 15 is 0 Å². The van der Waals surface area contributed by atoms with Gasteiger partial charge in [0.05, 0.1) is 19.0 Å². The predicted molar refractivity (Wildman–Crippen MR) is 121 cm³/mol. The van der Waals surface area contributed by atoms with Gasteiger partial charge in [0.1, 0.15) is 0 Å². The van der Waals surface area contributed by atoms with E-state index in [9.17, 15) is 24.0 Å². The van der Waals surface area contributed by atoms with Crippen LogP contribution in [0.3, 0.4) is 0 Å². The molecule has 11 heteroatoms. The maximum Gasteiger partial charge on any atom is 0.424 e. The van der Waals surface area contributed by atoms with Crippen molar-refractivity contribution in [1.29, 1.82) is 0 Å². The van der Waals surface area contributed by atoms with Crippen LogP contribution in [0, 0.1) is 11.8 Å². The Morgan fingerprint density at radius 1 is 1.09 bits per heavy atom. The number of urea groups is 1. The highest BCUT2D eigenvalue weighted by Gasteiger charge is 2.59. The topological polar surface area (TPSA) is 139 Å². The van der Waals surface area contributed by atoms with Gasteiger partial charge in [-0.25, -0.2) is 9.59 Å². The van der Waals surface area contributed by atoms with Gasteiger partial charge in [-0.2, -0.15) is 9.55 Å². The molecule has 2 aliphatic heterocycles. The fourth-order valence-electron chi connectivity index (χ4n) is 5.96. The Labute approximate surface area is 200 Å². The standard InChI is InChI=1S/C23H37N5O6/c24-21(31)20-8-5-13-28(20,23(33)25-9-12-26-10-3-4-11-26)22(32)19(14-18-6-1-2-7-18)15-27(16-29)34-17-30/h16-20H,1-15H2,(H2-,24,25,31,33)/p+1/t19-,20+,28?/m1/s1. The van der Waals surface area contributed by atoms with Crippen LogP contribution in [-0.4, -0.2) is 90.5 Å². The van der Waals surface area contributed by atoms with Crippen LogP contribution in [0.4, 0.5) is 4.79 Å². The Balaban J connectivity index is 1.83. The van der Waals surface area contributed by atoms with Crippen LogP contribution in [-0.2, 0) is 24.0 Å². The Kier molecular flexibility index (Phi) is 9.40. The second kappa shape index (κ2) is 12.3. The number of primary amides is 1. The predicted octanol–water partition coefficient (Wildman–Crippen LogP) is 0.526. The Morgan fingerprint density at radius 3 is 2.41 bits per heavy atom. The lowest BCUT2D eigenvalue weighted by molar-refractivity contribution is -0.779. The molecule has 3 atom stereocenters. The Morgan fingerprint density at radius 2 is 1.79 bits per heavy atom. The second-order valence-electron chi connectivity index (χ2n) is 9.76. The number of carbonyl (C=O) groups is 5. The third kappa shape index (κ3) is 5.93. The highest BCUT2D eigenvalue weighted by Crippen LogP contribution is 2.36. The average Bonchev–Trinajstić information content (AvgIpc) is 3.59. The third-order valence-electron chi connectivity index (χ3n) is 7.65. The highest BCUT2D eigenvalue weighted by atomic mass is 16.7. The quantitative estimate of drug-likeness (QED) is 0.236. The number of nitrogens with zero attached hydrogens (tertiary/aromatic N) is 3. The van der Waals surface area contributed by atoms with Crippen LogP contribution in [0.5, 0.6) is 0 Å². The number of nitrogens with two attached hydrogens (primary N) is 1. The molecule has 5 amide bonds. The van der Waals surface area contributed by atoms with Gasteiger partial charge in [-0.05, 0) is 38.3 Å². The summed E-state index contributed by atoms with van der Waals surface area (Å²) in [7, 11) is 0. The van der Waals surface area contributed by atoms with Crippen LogP contribution in [0.15, 0.2) is 0 Å². The van der Waals surface area contributed by atoms with Crippen molar-refractivity contribution < 1.29 is 33.3 Å². The van der Waals surface area contributed by atoms with E-state index < -0.39 is 34.3 Å². The maximum atomic E-state index is 14.1. The van der Waals surface area contributed by atoms with Crippen LogP contribution in [0.25, 0.3) is 0 Å². The van der Waals surface area contributed by atoms with Crippen LogP contribution >= 0.6 is 0 Å². The van der Waals surface area contributed by atoms with E-state index in [1.54, 1.807) is 0 Å². The molecule has 0 aromatic rings. The SMILES string of the molecule is NC(=O)[C@@H]1CCC[N+]1(C(=O)NCCN1CCCC1)C(=O)[C@H](CC1CCCC1)CN(C=O)OC=O. The van der Waals surface area contributed by atoms with Crippen LogP contribution in [0.1, 0.15) is 57.8 Å². The van der Waals surface area contributed by atoms with Gasteiger partial charge < -0.3 is 20.8 Å². The van der Waals surface area contributed by atoms with Crippen molar-refractivity contribution in [3.8, 4) is 0 Å². The monoisotopic (exact) mass is 480 g/mol. The summed E-state index contributed by atoms with van der Waals surface area (Å²) >= 11 is 0. The molecule has 0 aromatic heterocycles. The number of hydrogen-bond acceptors (Lipinski definition) is 7. The first-order chi connectivity index (χ1) is 16.4. The lowest BCUT2D eigenvalue weighted by atomic mass is 9.90. The minimum absolute atomic E-state index is 0.128. The zero-order valence-corrected chi connectivity index (χ0v) is 19.9. The Bertz CT molecular complexity index is 752. The summed E-state index contributed by atoms with van der Waals surface area (Å²) in [5.74, 6) is -1.62. The maximum absolute atomic E-state index is 14.1. The lowest BCUT2D eigenvalue weighted by Gasteiger charge is -2.36. The minimum atomic E-state index is -0.956. The summed E-state index contributed by atoms with van der Waals surface area (Å²) in [6.45, 7) is 3.17. The molecule has 11 nitrogen and oxygen atoms in total. The first-order valence-corrected chi connectivity index (χ1v) is 12.5. The molecule has 1 aliphatic carbocycles. The van der Waals surface area contributed by atoms with Crippen molar-refractivity contribution >= 4 is 30.7 Å². The molecular formula is C23H38N5O6+. The van der Waals surface area contributed by atoms with Crippen molar-refractivity contribution in [3.63, 3.8) is 0 Å². The normalized spacial score (nSPS) is 26.2. The van der Waals surface area contributed by atoms with E-state index in [2.05, 4.69) is 10.2 Å². The van der Waals surface area contributed by atoms with E-state index in [0.717, 1.165) is 56.7 Å². The summed E-state index contributed by atoms with van der Waals surface area (Å²) in [5, 5.41) is 3.67.